The SMILES string of the molecule is c1ccc(-c2nc(-c3ccc4ccccc4c3)nc(-c3ccc(-n4c5ccccc5c5cc6ccccc6cc54)c4ccccc34)n2)cc1. The second-order valence-electron chi connectivity index (χ2n) is 12.5. The zero-order chi connectivity index (χ0) is 32.3. The van der Waals surface area contributed by atoms with E-state index in [1.807, 2.05) is 18.2 Å². The normalized spacial score (nSPS) is 11.7. The maximum Gasteiger partial charge on any atom is 0.164 e. The Balaban J connectivity index is 1.22. The maximum atomic E-state index is 5.15. The van der Waals surface area contributed by atoms with Crippen LogP contribution in [-0.4, -0.2) is 19.5 Å². The van der Waals surface area contributed by atoms with Gasteiger partial charge in [0.05, 0.1) is 16.7 Å². The number of hydrogen-bond donors (Lipinski definition) is 0. The molecule has 0 saturated carbocycles. The first-order valence-electron chi connectivity index (χ1n) is 16.5. The highest BCUT2D eigenvalue weighted by molar-refractivity contribution is 6.15. The average Bonchev–Trinajstić information content (AvgIpc) is 3.49. The average molecular weight is 625 g/mol. The van der Waals surface area contributed by atoms with E-state index in [4.69, 9.17) is 15.0 Å². The van der Waals surface area contributed by atoms with E-state index >= 15 is 0 Å². The minimum absolute atomic E-state index is 0.646. The van der Waals surface area contributed by atoms with E-state index in [1.54, 1.807) is 0 Å². The Morgan fingerprint density at radius 1 is 0.327 bits per heavy atom. The second kappa shape index (κ2) is 11.0. The van der Waals surface area contributed by atoms with Crippen molar-refractivity contribution in [3.05, 3.63) is 170 Å². The standard InChI is InChI=1S/C45H28N4/c1-2-13-30(14-3-1)43-46-44(34-23-22-29-12-4-5-15-31(29)26-34)48-45(47-43)38-24-25-41(36-19-9-8-18-35(36)38)49-40-21-11-10-20-37(40)39-27-32-16-6-7-17-33(32)28-42(39)49/h1-28H. The zero-order valence-corrected chi connectivity index (χ0v) is 26.5. The fourth-order valence-corrected chi connectivity index (χ4v) is 7.26. The van der Waals surface area contributed by atoms with Gasteiger partial charge in [0.2, 0.25) is 0 Å². The predicted octanol–water partition coefficient (Wildman–Crippen LogP) is 11.4. The lowest BCUT2D eigenvalue weighted by atomic mass is 10.0. The Labute approximate surface area is 282 Å². The summed E-state index contributed by atoms with van der Waals surface area (Å²) >= 11 is 0. The van der Waals surface area contributed by atoms with Crippen molar-refractivity contribution in [3.8, 4) is 39.9 Å². The minimum Gasteiger partial charge on any atom is -0.309 e. The van der Waals surface area contributed by atoms with Crippen molar-refractivity contribution in [3.63, 3.8) is 0 Å². The molecule has 8 aromatic carbocycles. The molecule has 4 heteroatoms. The van der Waals surface area contributed by atoms with E-state index < -0.39 is 0 Å². The van der Waals surface area contributed by atoms with Gasteiger partial charge >= 0.3 is 0 Å². The summed E-state index contributed by atoms with van der Waals surface area (Å²) in [5, 5.41) is 9.49. The summed E-state index contributed by atoms with van der Waals surface area (Å²) < 4.78 is 2.41. The number of nitrogens with zero attached hydrogens (tertiary/aromatic N) is 4. The van der Waals surface area contributed by atoms with Crippen molar-refractivity contribution < 1.29 is 0 Å². The molecule has 0 radical (unpaired) electrons. The van der Waals surface area contributed by atoms with Crippen molar-refractivity contribution in [2.45, 2.75) is 0 Å². The predicted molar refractivity (Wildman–Crippen MR) is 203 cm³/mol. The highest BCUT2D eigenvalue weighted by atomic mass is 15.0. The molecule has 0 aliphatic heterocycles. The summed E-state index contributed by atoms with van der Waals surface area (Å²) in [7, 11) is 0. The van der Waals surface area contributed by atoms with Crippen LogP contribution in [0, 0.1) is 0 Å². The van der Waals surface area contributed by atoms with Crippen LogP contribution in [0.1, 0.15) is 0 Å². The summed E-state index contributed by atoms with van der Waals surface area (Å²) in [5.41, 5.74) is 6.35. The number of benzene rings is 8. The lowest BCUT2D eigenvalue weighted by Gasteiger charge is -2.15. The lowest BCUT2D eigenvalue weighted by Crippen LogP contribution is -2.01. The third kappa shape index (κ3) is 4.49. The number of aromatic nitrogens is 4. The summed E-state index contributed by atoms with van der Waals surface area (Å²) in [6.07, 6.45) is 0. The fourth-order valence-electron chi connectivity index (χ4n) is 7.26. The van der Waals surface area contributed by atoms with Crippen molar-refractivity contribution in [1.29, 1.82) is 0 Å². The molecular formula is C45H28N4. The van der Waals surface area contributed by atoms with Gasteiger partial charge in [0.25, 0.3) is 0 Å². The van der Waals surface area contributed by atoms with Crippen LogP contribution in [0.25, 0.3) is 94.0 Å². The number of para-hydroxylation sites is 1. The van der Waals surface area contributed by atoms with Gasteiger partial charge in [-0.05, 0) is 63.3 Å². The molecule has 0 unspecified atom stereocenters. The fraction of sp³-hybridized carbons (Fsp3) is 0. The van der Waals surface area contributed by atoms with E-state index in [2.05, 4.69) is 156 Å². The Kier molecular flexibility index (Phi) is 6.15. The molecule has 49 heavy (non-hydrogen) atoms. The lowest BCUT2D eigenvalue weighted by molar-refractivity contribution is 1.08. The van der Waals surface area contributed by atoms with Gasteiger partial charge in [-0.15, -0.1) is 0 Å². The van der Waals surface area contributed by atoms with Crippen LogP contribution >= 0.6 is 0 Å². The molecule has 228 valence electrons. The van der Waals surface area contributed by atoms with Crippen LogP contribution in [0.15, 0.2) is 170 Å². The molecule has 4 nitrogen and oxygen atoms in total. The van der Waals surface area contributed by atoms with Crippen LogP contribution in [-0.2, 0) is 0 Å². The first-order chi connectivity index (χ1) is 24.3. The van der Waals surface area contributed by atoms with Gasteiger partial charge < -0.3 is 4.57 Å². The molecule has 0 amide bonds. The Morgan fingerprint density at radius 2 is 0.918 bits per heavy atom. The molecule has 2 heterocycles. The van der Waals surface area contributed by atoms with Crippen molar-refractivity contribution in [2.24, 2.45) is 0 Å². The summed E-state index contributed by atoms with van der Waals surface area (Å²) in [6, 6.07) is 59.9. The summed E-state index contributed by atoms with van der Waals surface area (Å²) in [6.45, 7) is 0. The van der Waals surface area contributed by atoms with Gasteiger partial charge in [0.15, 0.2) is 17.5 Å². The largest absolute Gasteiger partial charge is 0.309 e. The van der Waals surface area contributed by atoms with Gasteiger partial charge in [0, 0.05) is 32.8 Å². The van der Waals surface area contributed by atoms with Crippen molar-refractivity contribution in [2.75, 3.05) is 0 Å². The molecular weight excluding hydrogens is 597 g/mol. The first kappa shape index (κ1) is 27.5. The van der Waals surface area contributed by atoms with Gasteiger partial charge in [-0.25, -0.2) is 15.0 Å². The summed E-state index contributed by atoms with van der Waals surface area (Å²) in [5.74, 6) is 1.95. The maximum absolute atomic E-state index is 5.15. The highest BCUT2D eigenvalue weighted by Gasteiger charge is 2.19. The van der Waals surface area contributed by atoms with Crippen molar-refractivity contribution >= 4 is 54.1 Å². The molecule has 0 spiro atoms. The molecule has 0 atom stereocenters. The zero-order valence-electron chi connectivity index (χ0n) is 26.5. The molecule has 0 aliphatic rings. The molecule has 0 saturated heterocycles. The van der Waals surface area contributed by atoms with Crippen molar-refractivity contribution in [1.82, 2.24) is 19.5 Å². The molecule has 0 aliphatic carbocycles. The number of rotatable bonds is 4. The van der Waals surface area contributed by atoms with E-state index in [9.17, 15) is 0 Å². The number of hydrogen-bond acceptors (Lipinski definition) is 3. The van der Waals surface area contributed by atoms with Gasteiger partial charge in [-0.1, -0.05) is 133 Å². The Morgan fingerprint density at radius 3 is 1.71 bits per heavy atom. The molecule has 0 fully saturated rings. The van der Waals surface area contributed by atoms with Gasteiger partial charge in [-0.3, -0.25) is 0 Å². The monoisotopic (exact) mass is 624 g/mol. The molecule has 0 bridgehead atoms. The van der Waals surface area contributed by atoms with Gasteiger partial charge in [-0.2, -0.15) is 0 Å². The molecule has 10 aromatic rings. The van der Waals surface area contributed by atoms with E-state index in [0.717, 1.165) is 38.5 Å². The van der Waals surface area contributed by atoms with Crippen LogP contribution < -0.4 is 0 Å². The molecule has 2 aromatic heterocycles. The Bertz CT molecular complexity index is 2890. The third-order valence-electron chi connectivity index (χ3n) is 9.60. The first-order valence-corrected chi connectivity index (χ1v) is 16.5. The third-order valence-corrected chi connectivity index (χ3v) is 9.60. The molecule has 10 rings (SSSR count). The van der Waals surface area contributed by atoms with Gasteiger partial charge in [0.1, 0.15) is 0 Å². The van der Waals surface area contributed by atoms with E-state index in [0.29, 0.717) is 17.5 Å². The highest BCUT2D eigenvalue weighted by Crippen LogP contribution is 2.39. The number of fused-ring (bicyclic) bond motifs is 6. The second-order valence-corrected chi connectivity index (χ2v) is 12.5. The van der Waals surface area contributed by atoms with Crippen LogP contribution in [0.5, 0.6) is 0 Å². The topological polar surface area (TPSA) is 43.6 Å². The van der Waals surface area contributed by atoms with E-state index in [-0.39, 0.29) is 0 Å². The van der Waals surface area contributed by atoms with Crippen LogP contribution in [0.4, 0.5) is 0 Å². The summed E-state index contributed by atoms with van der Waals surface area (Å²) in [4.78, 5) is 15.3. The molecule has 0 N–H and O–H groups in total. The van der Waals surface area contributed by atoms with Crippen LogP contribution in [0.3, 0.4) is 0 Å². The minimum atomic E-state index is 0.646. The quantitative estimate of drug-likeness (QED) is 0.196. The van der Waals surface area contributed by atoms with E-state index in [1.165, 1.54) is 38.0 Å². The smallest absolute Gasteiger partial charge is 0.164 e. The Hall–Kier alpha value is -6.65. The van der Waals surface area contributed by atoms with Crippen LogP contribution in [0.2, 0.25) is 0 Å².